The van der Waals surface area contributed by atoms with Crippen molar-refractivity contribution in [3.05, 3.63) is 77.5 Å². The topological polar surface area (TPSA) is 46.9 Å². The molecule has 140 valence electrons. The van der Waals surface area contributed by atoms with Crippen molar-refractivity contribution < 1.29 is 18.0 Å². The molecule has 3 rings (SSSR count). The van der Waals surface area contributed by atoms with Crippen LogP contribution in [0, 0.1) is 0 Å². The Morgan fingerprint density at radius 2 is 1.78 bits per heavy atom. The molecule has 0 spiro atoms. The second-order valence-electron chi connectivity index (χ2n) is 6.42. The van der Waals surface area contributed by atoms with Crippen molar-refractivity contribution >= 4 is 11.7 Å². The van der Waals surface area contributed by atoms with Crippen LogP contribution in [0.1, 0.15) is 41.3 Å². The zero-order valence-electron chi connectivity index (χ0n) is 14.8. The quantitative estimate of drug-likeness (QED) is 0.677. The molecule has 7 heteroatoms. The first-order chi connectivity index (χ1) is 12.7. The third-order valence-electron chi connectivity index (χ3n) is 4.11. The van der Waals surface area contributed by atoms with Crippen LogP contribution in [0.3, 0.4) is 0 Å². The van der Waals surface area contributed by atoms with Gasteiger partial charge in [-0.2, -0.15) is 18.3 Å². The molecule has 0 saturated carbocycles. The third kappa shape index (κ3) is 4.36. The molecule has 2 aromatic carbocycles. The van der Waals surface area contributed by atoms with Crippen LogP contribution in [0.5, 0.6) is 0 Å². The molecular formula is C20H18F3N3O. The van der Waals surface area contributed by atoms with Gasteiger partial charge in [-0.15, -0.1) is 0 Å². The van der Waals surface area contributed by atoms with Crippen molar-refractivity contribution in [2.24, 2.45) is 0 Å². The number of carbonyl (C=O) groups is 1. The molecule has 0 unspecified atom stereocenters. The van der Waals surface area contributed by atoms with E-state index in [4.69, 9.17) is 0 Å². The van der Waals surface area contributed by atoms with Crippen molar-refractivity contribution in [3.63, 3.8) is 0 Å². The Bertz CT molecular complexity index is 944. The summed E-state index contributed by atoms with van der Waals surface area (Å²) in [5.41, 5.74) is 1.06. The summed E-state index contributed by atoms with van der Waals surface area (Å²) in [6.07, 6.45) is -2.83. The van der Waals surface area contributed by atoms with E-state index in [1.807, 2.05) is 24.3 Å². The molecule has 3 aromatic rings. The number of hydrogen-bond donors (Lipinski definition) is 1. The van der Waals surface area contributed by atoms with Crippen LogP contribution in [0.25, 0.3) is 5.69 Å². The Labute approximate surface area is 154 Å². The van der Waals surface area contributed by atoms with E-state index >= 15 is 0 Å². The number of rotatable bonds is 4. The number of nitrogens with one attached hydrogen (secondary N) is 1. The zero-order valence-corrected chi connectivity index (χ0v) is 14.8. The normalized spacial score (nSPS) is 11.6. The molecule has 0 atom stereocenters. The van der Waals surface area contributed by atoms with Gasteiger partial charge in [-0.3, -0.25) is 4.79 Å². The summed E-state index contributed by atoms with van der Waals surface area (Å²) in [4.78, 5) is 12.2. The highest BCUT2D eigenvalue weighted by atomic mass is 19.4. The van der Waals surface area contributed by atoms with E-state index in [9.17, 15) is 18.0 Å². The standard InChI is InChI=1S/C20H18F3N3O/c1-13(2)14-6-8-17(9-7-14)26-11-10-18(25-26)24-19(27)15-4-3-5-16(12-15)20(21,22)23/h3-13H,1-2H3,(H,24,25,27). The Hall–Kier alpha value is -3.09. The van der Waals surface area contributed by atoms with Gasteiger partial charge in [0.25, 0.3) is 5.91 Å². The van der Waals surface area contributed by atoms with Crippen molar-refractivity contribution in [2.45, 2.75) is 25.9 Å². The Kier molecular flexibility index (Phi) is 5.03. The van der Waals surface area contributed by atoms with Gasteiger partial charge in [0.05, 0.1) is 11.3 Å². The maximum atomic E-state index is 12.8. The Morgan fingerprint density at radius 1 is 1.07 bits per heavy atom. The van der Waals surface area contributed by atoms with Crippen molar-refractivity contribution in [3.8, 4) is 5.69 Å². The Morgan fingerprint density at radius 3 is 2.41 bits per heavy atom. The molecule has 0 aliphatic carbocycles. The number of hydrogen-bond acceptors (Lipinski definition) is 2. The van der Waals surface area contributed by atoms with Gasteiger partial charge in [0, 0.05) is 17.8 Å². The number of anilines is 1. The number of halogens is 3. The van der Waals surface area contributed by atoms with Crippen molar-refractivity contribution in [1.29, 1.82) is 0 Å². The number of nitrogens with zero attached hydrogens (tertiary/aromatic N) is 2. The van der Waals surface area contributed by atoms with Gasteiger partial charge in [-0.25, -0.2) is 4.68 Å². The van der Waals surface area contributed by atoms with E-state index < -0.39 is 17.6 Å². The molecule has 0 saturated heterocycles. The van der Waals surface area contributed by atoms with E-state index in [1.165, 1.54) is 17.7 Å². The molecule has 1 aromatic heterocycles. The van der Waals surface area contributed by atoms with Gasteiger partial charge >= 0.3 is 6.18 Å². The maximum Gasteiger partial charge on any atom is 0.416 e. The molecule has 1 heterocycles. The van der Waals surface area contributed by atoms with E-state index in [-0.39, 0.29) is 11.4 Å². The number of alkyl halides is 3. The summed E-state index contributed by atoms with van der Waals surface area (Å²) in [5.74, 6) is 0.0193. The first-order valence-corrected chi connectivity index (χ1v) is 8.38. The largest absolute Gasteiger partial charge is 0.416 e. The minimum atomic E-state index is -4.50. The molecule has 27 heavy (non-hydrogen) atoms. The first kappa shape index (κ1) is 18.7. The van der Waals surface area contributed by atoms with E-state index in [1.54, 1.807) is 16.9 Å². The lowest BCUT2D eigenvalue weighted by atomic mass is 10.0. The monoisotopic (exact) mass is 373 g/mol. The maximum absolute atomic E-state index is 12.8. The number of amides is 1. The zero-order chi connectivity index (χ0) is 19.6. The number of benzene rings is 2. The summed E-state index contributed by atoms with van der Waals surface area (Å²) < 4.78 is 39.9. The average molecular weight is 373 g/mol. The highest BCUT2D eigenvalue weighted by Gasteiger charge is 2.30. The van der Waals surface area contributed by atoms with E-state index in [0.717, 1.165) is 17.8 Å². The molecular weight excluding hydrogens is 355 g/mol. The SMILES string of the molecule is CC(C)c1ccc(-n2ccc(NC(=O)c3cccc(C(F)(F)F)c3)n2)cc1. The number of carbonyl (C=O) groups excluding carboxylic acids is 1. The van der Waals surface area contributed by atoms with Crippen LogP contribution in [0.4, 0.5) is 19.0 Å². The number of aromatic nitrogens is 2. The molecule has 1 N–H and O–H groups in total. The lowest BCUT2D eigenvalue weighted by molar-refractivity contribution is -0.137. The summed E-state index contributed by atoms with van der Waals surface area (Å²) in [5, 5.41) is 6.77. The van der Waals surface area contributed by atoms with Gasteiger partial charge in [0.2, 0.25) is 0 Å². The van der Waals surface area contributed by atoms with Crippen LogP contribution >= 0.6 is 0 Å². The van der Waals surface area contributed by atoms with Gasteiger partial charge in [-0.05, 0) is 41.8 Å². The molecule has 0 aliphatic heterocycles. The predicted molar refractivity (Wildman–Crippen MR) is 97.1 cm³/mol. The molecule has 0 bridgehead atoms. The van der Waals surface area contributed by atoms with E-state index in [2.05, 4.69) is 24.3 Å². The minimum absolute atomic E-state index is 0.0827. The van der Waals surface area contributed by atoms with Crippen molar-refractivity contribution in [1.82, 2.24) is 9.78 Å². The van der Waals surface area contributed by atoms with Gasteiger partial charge < -0.3 is 5.32 Å². The van der Waals surface area contributed by atoms with E-state index in [0.29, 0.717) is 5.92 Å². The molecule has 0 aliphatic rings. The summed E-state index contributed by atoms with van der Waals surface area (Å²) in [6.45, 7) is 4.20. The van der Waals surface area contributed by atoms with Gasteiger partial charge in [0.1, 0.15) is 0 Å². The lowest BCUT2D eigenvalue weighted by Crippen LogP contribution is -2.14. The fraction of sp³-hybridized carbons (Fsp3) is 0.200. The highest BCUT2D eigenvalue weighted by Crippen LogP contribution is 2.29. The van der Waals surface area contributed by atoms with Crippen LogP contribution in [0.2, 0.25) is 0 Å². The Balaban J connectivity index is 1.75. The second-order valence-corrected chi connectivity index (χ2v) is 6.42. The highest BCUT2D eigenvalue weighted by molar-refractivity contribution is 6.03. The second kappa shape index (κ2) is 7.26. The smallest absolute Gasteiger partial charge is 0.305 e. The van der Waals surface area contributed by atoms with Gasteiger partial charge in [-0.1, -0.05) is 32.0 Å². The van der Waals surface area contributed by atoms with Crippen molar-refractivity contribution in [2.75, 3.05) is 5.32 Å². The fourth-order valence-electron chi connectivity index (χ4n) is 2.57. The average Bonchev–Trinajstić information content (AvgIpc) is 3.09. The van der Waals surface area contributed by atoms with Crippen LogP contribution in [0.15, 0.2) is 60.8 Å². The summed E-state index contributed by atoms with van der Waals surface area (Å²) >= 11 is 0. The van der Waals surface area contributed by atoms with Crippen LogP contribution in [-0.2, 0) is 6.18 Å². The van der Waals surface area contributed by atoms with Crippen LogP contribution in [-0.4, -0.2) is 15.7 Å². The summed E-state index contributed by atoms with van der Waals surface area (Å²) in [6, 6.07) is 13.7. The lowest BCUT2D eigenvalue weighted by Gasteiger charge is -2.08. The van der Waals surface area contributed by atoms with Gasteiger partial charge in [0.15, 0.2) is 5.82 Å². The molecule has 1 amide bonds. The van der Waals surface area contributed by atoms with Crippen LogP contribution < -0.4 is 5.32 Å². The third-order valence-corrected chi connectivity index (χ3v) is 4.11. The predicted octanol–water partition coefficient (Wildman–Crippen LogP) is 5.27. The molecule has 0 radical (unpaired) electrons. The first-order valence-electron chi connectivity index (χ1n) is 8.38. The minimum Gasteiger partial charge on any atom is -0.305 e. The molecule has 4 nitrogen and oxygen atoms in total. The fourth-order valence-corrected chi connectivity index (χ4v) is 2.57. The molecule has 0 fully saturated rings. The summed E-state index contributed by atoms with van der Waals surface area (Å²) in [7, 11) is 0.